The average Bonchev–Trinajstić information content (AvgIpc) is 1.74. The van der Waals surface area contributed by atoms with Gasteiger partial charge in [0.2, 0.25) is 0 Å². The Morgan fingerprint density at radius 1 is 1.00 bits per heavy atom. The highest BCUT2D eigenvalue weighted by Gasteiger charge is 2.39. The zero-order valence-corrected chi connectivity index (χ0v) is 9.06. The second-order valence-corrected chi connectivity index (χ2v) is 5.95. The summed E-state index contributed by atoms with van der Waals surface area (Å²) in [5.74, 6) is -3.16. The number of hydrogen-bond acceptors (Lipinski definition) is 4. The van der Waals surface area contributed by atoms with Gasteiger partial charge in [-0.3, -0.25) is 13.5 Å². The second kappa shape index (κ2) is 4.68. The molecule has 0 aliphatic heterocycles. The van der Waals surface area contributed by atoms with Crippen molar-refractivity contribution in [1.29, 1.82) is 0 Å². The lowest BCUT2D eigenvalue weighted by atomic mass is 10.1. The topological polar surface area (TPSA) is 109 Å². The van der Waals surface area contributed by atoms with Crippen molar-refractivity contribution in [1.82, 2.24) is 0 Å². The first-order valence-electron chi connectivity index (χ1n) is 3.63. The lowest BCUT2D eigenvalue weighted by Crippen LogP contribution is -2.40. The summed E-state index contributed by atoms with van der Waals surface area (Å²) in [6, 6.07) is 0. The Kier molecular flexibility index (Phi) is 4.58. The molecule has 0 aromatic carbocycles. The van der Waals surface area contributed by atoms with Crippen LogP contribution in [0.4, 0.5) is 8.78 Å². The molecular formula is C5H10F2O6S2. The van der Waals surface area contributed by atoms with Gasteiger partial charge in [-0.15, -0.1) is 0 Å². The molecule has 0 aliphatic carbocycles. The van der Waals surface area contributed by atoms with Crippen LogP contribution >= 0.6 is 0 Å². The summed E-state index contributed by atoms with van der Waals surface area (Å²) in [5.41, 5.74) is -3.03. The number of halogens is 2. The van der Waals surface area contributed by atoms with E-state index in [1.165, 1.54) is 0 Å². The fourth-order valence-electron chi connectivity index (χ4n) is 1.01. The van der Waals surface area contributed by atoms with E-state index in [2.05, 4.69) is 0 Å². The zero-order chi connectivity index (χ0) is 12.3. The first-order chi connectivity index (χ1) is 6.47. The molecule has 0 rings (SSSR count). The monoisotopic (exact) mass is 268 g/mol. The van der Waals surface area contributed by atoms with Crippen LogP contribution in [0.15, 0.2) is 0 Å². The van der Waals surface area contributed by atoms with E-state index in [1.807, 2.05) is 0 Å². The molecule has 0 radical (unpaired) electrons. The van der Waals surface area contributed by atoms with Gasteiger partial charge >= 0.3 is 0 Å². The maximum atomic E-state index is 13.5. The van der Waals surface area contributed by atoms with Gasteiger partial charge in [-0.1, -0.05) is 0 Å². The summed E-state index contributed by atoms with van der Waals surface area (Å²) < 4.78 is 83.2. The van der Waals surface area contributed by atoms with Gasteiger partial charge in [0.25, 0.3) is 20.2 Å². The Balaban J connectivity index is 4.91. The maximum absolute atomic E-state index is 13.5. The Morgan fingerprint density at radius 2 is 1.33 bits per heavy atom. The fourth-order valence-corrected chi connectivity index (χ4v) is 2.94. The third kappa shape index (κ3) is 7.59. The number of rotatable bonds is 6. The summed E-state index contributed by atoms with van der Waals surface area (Å²) in [4.78, 5) is 0. The van der Waals surface area contributed by atoms with Crippen molar-refractivity contribution >= 4 is 20.2 Å². The predicted molar refractivity (Wildman–Crippen MR) is 47.3 cm³/mol. The number of alkyl halides is 2. The van der Waals surface area contributed by atoms with E-state index in [4.69, 9.17) is 9.11 Å². The molecule has 0 bridgehead atoms. The molecule has 0 amide bonds. The predicted octanol–water partition coefficient (Wildman–Crippen LogP) is -0.170. The summed E-state index contributed by atoms with van der Waals surface area (Å²) in [6.07, 6.45) is -1.05. The molecule has 10 heteroatoms. The van der Waals surface area contributed by atoms with Crippen molar-refractivity contribution in [2.45, 2.75) is 12.1 Å². The molecule has 0 saturated carbocycles. The van der Waals surface area contributed by atoms with Gasteiger partial charge in [-0.2, -0.15) is 16.8 Å². The Bertz CT molecular complexity index is 365. The quantitative estimate of drug-likeness (QED) is 0.647. The summed E-state index contributed by atoms with van der Waals surface area (Å²) in [7, 11) is -9.59. The first-order valence-corrected chi connectivity index (χ1v) is 6.84. The maximum Gasteiger partial charge on any atom is 0.268 e. The van der Waals surface area contributed by atoms with E-state index < -0.39 is 50.5 Å². The molecule has 6 nitrogen and oxygen atoms in total. The van der Waals surface area contributed by atoms with E-state index in [-0.39, 0.29) is 0 Å². The average molecular weight is 268 g/mol. The van der Waals surface area contributed by atoms with E-state index in [9.17, 15) is 25.6 Å². The largest absolute Gasteiger partial charge is 0.285 e. The molecule has 15 heavy (non-hydrogen) atoms. The molecule has 92 valence electrons. The summed E-state index contributed by atoms with van der Waals surface area (Å²) in [5, 5.41) is 0. The van der Waals surface area contributed by atoms with Crippen molar-refractivity contribution in [3.8, 4) is 0 Å². The number of hydrogen-bond donors (Lipinski definition) is 2. The van der Waals surface area contributed by atoms with Crippen LogP contribution in [0.3, 0.4) is 0 Å². The molecule has 0 saturated heterocycles. The smallest absolute Gasteiger partial charge is 0.268 e. The Morgan fingerprint density at radius 3 is 1.53 bits per heavy atom. The lowest BCUT2D eigenvalue weighted by molar-refractivity contribution is 0.184. The van der Waals surface area contributed by atoms with Gasteiger partial charge in [0, 0.05) is 6.42 Å². The van der Waals surface area contributed by atoms with Crippen LogP contribution in [0.5, 0.6) is 0 Å². The second-order valence-electron chi connectivity index (χ2n) is 3.04. The van der Waals surface area contributed by atoms with Crippen molar-refractivity contribution in [2.75, 3.05) is 18.2 Å². The van der Waals surface area contributed by atoms with E-state index in [1.54, 1.807) is 0 Å². The van der Waals surface area contributed by atoms with Gasteiger partial charge in [-0.05, 0) is 0 Å². The van der Waals surface area contributed by atoms with E-state index >= 15 is 0 Å². The minimum Gasteiger partial charge on any atom is -0.285 e. The first kappa shape index (κ1) is 14.7. The van der Waals surface area contributed by atoms with Crippen LogP contribution < -0.4 is 0 Å². The molecule has 0 heterocycles. The van der Waals surface area contributed by atoms with Gasteiger partial charge < -0.3 is 0 Å². The highest BCUT2D eigenvalue weighted by atomic mass is 32.2. The van der Waals surface area contributed by atoms with Gasteiger partial charge in [0.05, 0.1) is 6.67 Å². The standard InChI is InChI=1S/C5H10F2O6S2/c6-2-1-5(7,3-14(8,9)10)4-15(11,12)13/h1-4H2,(H,8,9,10)(H,11,12,13). The van der Waals surface area contributed by atoms with Gasteiger partial charge in [0.1, 0.15) is 17.2 Å². The Hall–Kier alpha value is -0.320. The lowest BCUT2D eigenvalue weighted by Gasteiger charge is -2.20. The van der Waals surface area contributed by atoms with Crippen LogP contribution in [-0.2, 0) is 20.2 Å². The van der Waals surface area contributed by atoms with Crippen molar-refractivity contribution < 1.29 is 34.7 Å². The highest BCUT2D eigenvalue weighted by Crippen LogP contribution is 2.21. The molecule has 0 fully saturated rings. The molecule has 0 aromatic rings. The summed E-state index contributed by atoms with van der Waals surface area (Å²) >= 11 is 0. The highest BCUT2D eigenvalue weighted by molar-refractivity contribution is 7.86. The van der Waals surface area contributed by atoms with Crippen LogP contribution in [0.1, 0.15) is 6.42 Å². The van der Waals surface area contributed by atoms with E-state index in [0.29, 0.717) is 0 Å². The van der Waals surface area contributed by atoms with Crippen molar-refractivity contribution in [2.24, 2.45) is 0 Å². The molecular weight excluding hydrogens is 258 g/mol. The van der Waals surface area contributed by atoms with Gasteiger partial charge in [0.15, 0.2) is 0 Å². The van der Waals surface area contributed by atoms with Crippen LogP contribution in [0.2, 0.25) is 0 Å². The minimum absolute atomic E-state index is 1.05. The van der Waals surface area contributed by atoms with E-state index in [0.717, 1.165) is 0 Å². The third-order valence-electron chi connectivity index (χ3n) is 1.42. The SMILES string of the molecule is O=S(=O)(O)CC(F)(CCF)CS(=O)(=O)O. The molecule has 0 aliphatic rings. The fraction of sp³-hybridized carbons (Fsp3) is 1.00. The molecule has 0 unspecified atom stereocenters. The van der Waals surface area contributed by atoms with Crippen LogP contribution in [0, 0.1) is 0 Å². The zero-order valence-electron chi connectivity index (χ0n) is 7.43. The van der Waals surface area contributed by atoms with Crippen molar-refractivity contribution in [3.05, 3.63) is 0 Å². The van der Waals surface area contributed by atoms with Crippen molar-refractivity contribution in [3.63, 3.8) is 0 Å². The van der Waals surface area contributed by atoms with Gasteiger partial charge in [-0.25, -0.2) is 4.39 Å². The molecule has 0 atom stereocenters. The Labute approximate surface area is 85.8 Å². The molecule has 0 aromatic heterocycles. The molecule has 0 spiro atoms. The summed E-state index contributed by atoms with van der Waals surface area (Å²) in [6.45, 7) is -1.32. The van der Waals surface area contributed by atoms with Crippen LogP contribution in [0.25, 0.3) is 0 Å². The normalized spacial score (nSPS) is 14.1. The molecule has 2 N–H and O–H groups in total. The minimum atomic E-state index is -4.79. The van der Waals surface area contributed by atoms with Crippen LogP contribution in [-0.4, -0.2) is 49.8 Å². The third-order valence-corrected chi connectivity index (χ3v) is 3.19.